The molecule has 0 aliphatic rings. The standard InChI is InChI=1S/C19H36N4O6S/c1-6-9(3)13(20)16(25)22-14(10(4)7-2)17(26)23-15(11(5)24)18(27)21-12(8-30)19(28)29/h9-15,24,30H,6-8,20H2,1-5H3,(H,21,27)(H,22,25)(H,23,26)(H,28,29). The minimum absolute atomic E-state index is 0.0872. The van der Waals surface area contributed by atoms with E-state index in [2.05, 4.69) is 28.6 Å². The number of aliphatic hydroxyl groups is 1. The second-order valence-electron chi connectivity index (χ2n) is 7.59. The number of nitrogens with one attached hydrogen (secondary N) is 3. The Morgan fingerprint density at radius 3 is 1.73 bits per heavy atom. The van der Waals surface area contributed by atoms with E-state index in [1.807, 2.05) is 20.8 Å². The summed E-state index contributed by atoms with van der Waals surface area (Å²) in [5, 5.41) is 26.3. The summed E-state index contributed by atoms with van der Waals surface area (Å²) in [6, 6.07) is -4.47. The van der Waals surface area contributed by atoms with E-state index in [0.29, 0.717) is 12.8 Å². The first-order chi connectivity index (χ1) is 13.9. The number of amides is 3. The van der Waals surface area contributed by atoms with E-state index in [9.17, 15) is 24.3 Å². The number of carbonyl (C=O) groups excluding carboxylic acids is 3. The lowest BCUT2D eigenvalue weighted by Crippen LogP contribution is -2.61. The Balaban J connectivity index is 5.44. The van der Waals surface area contributed by atoms with Crippen LogP contribution in [0.4, 0.5) is 0 Å². The molecule has 7 unspecified atom stereocenters. The molecule has 0 radical (unpaired) electrons. The fourth-order valence-electron chi connectivity index (χ4n) is 2.56. The molecule has 0 fully saturated rings. The smallest absolute Gasteiger partial charge is 0.327 e. The first kappa shape index (κ1) is 28.1. The van der Waals surface area contributed by atoms with Gasteiger partial charge in [0, 0.05) is 5.75 Å². The van der Waals surface area contributed by atoms with Gasteiger partial charge in [-0.1, -0.05) is 40.5 Å². The van der Waals surface area contributed by atoms with Gasteiger partial charge in [0.05, 0.1) is 12.1 Å². The van der Waals surface area contributed by atoms with Gasteiger partial charge in [-0.25, -0.2) is 4.79 Å². The predicted molar refractivity (Wildman–Crippen MR) is 116 cm³/mol. The number of aliphatic hydroxyl groups excluding tert-OH is 1. The van der Waals surface area contributed by atoms with Crippen molar-refractivity contribution >= 4 is 36.3 Å². The second-order valence-corrected chi connectivity index (χ2v) is 7.96. The molecule has 0 spiro atoms. The van der Waals surface area contributed by atoms with Crippen LogP contribution in [0.5, 0.6) is 0 Å². The van der Waals surface area contributed by atoms with Gasteiger partial charge in [-0.15, -0.1) is 0 Å². The van der Waals surface area contributed by atoms with Crippen LogP contribution in [-0.2, 0) is 19.2 Å². The molecule has 0 bridgehead atoms. The molecule has 3 amide bonds. The maximum atomic E-state index is 12.9. The number of carboxylic acids is 1. The molecule has 0 heterocycles. The number of carbonyl (C=O) groups is 4. The Labute approximate surface area is 183 Å². The summed E-state index contributed by atoms with van der Waals surface area (Å²) >= 11 is 3.87. The average molecular weight is 449 g/mol. The molecule has 0 aromatic carbocycles. The van der Waals surface area contributed by atoms with E-state index in [1.165, 1.54) is 6.92 Å². The van der Waals surface area contributed by atoms with Gasteiger partial charge < -0.3 is 31.9 Å². The minimum Gasteiger partial charge on any atom is -0.480 e. The highest BCUT2D eigenvalue weighted by Gasteiger charge is 2.34. The zero-order valence-corrected chi connectivity index (χ0v) is 19.1. The van der Waals surface area contributed by atoms with Gasteiger partial charge in [-0.2, -0.15) is 12.6 Å². The summed E-state index contributed by atoms with van der Waals surface area (Å²) in [5.74, 6) is -3.85. The maximum absolute atomic E-state index is 12.9. The summed E-state index contributed by atoms with van der Waals surface area (Å²) in [6.07, 6.45) is -0.0583. The Kier molecular flexibility index (Phi) is 12.6. The molecule has 0 aliphatic heterocycles. The van der Waals surface area contributed by atoms with Gasteiger partial charge in [0.25, 0.3) is 0 Å². The van der Waals surface area contributed by atoms with Crippen molar-refractivity contribution in [2.45, 2.75) is 77.7 Å². The van der Waals surface area contributed by atoms with E-state index in [-0.39, 0.29) is 17.6 Å². The molecule has 0 aromatic heterocycles. The Hall–Kier alpha value is -1.85. The summed E-state index contributed by atoms with van der Waals surface area (Å²) in [5.41, 5.74) is 5.95. The van der Waals surface area contributed by atoms with E-state index < -0.39 is 54.0 Å². The lowest BCUT2D eigenvalue weighted by molar-refractivity contribution is -0.142. The van der Waals surface area contributed by atoms with E-state index in [0.717, 1.165) is 0 Å². The van der Waals surface area contributed by atoms with Crippen molar-refractivity contribution in [3.05, 3.63) is 0 Å². The van der Waals surface area contributed by atoms with Gasteiger partial charge in [0.2, 0.25) is 17.7 Å². The SMILES string of the molecule is CCC(C)C(N)C(=O)NC(C(=O)NC(C(=O)NC(CS)C(=O)O)C(C)O)C(C)CC. The van der Waals surface area contributed by atoms with Crippen LogP contribution >= 0.6 is 12.6 Å². The third-order valence-electron chi connectivity index (χ3n) is 5.21. The number of hydrogen-bond acceptors (Lipinski definition) is 7. The number of thiol groups is 1. The van der Waals surface area contributed by atoms with Gasteiger partial charge in [-0.05, 0) is 18.8 Å². The normalized spacial score (nSPS) is 18.1. The highest BCUT2D eigenvalue weighted by molar-refractivity contribution is 7.80. The molecule has 0 aromatic rings. The molecular weight excluding hydrogens is 412 g/mol. The topological polar surface area (TPSA) is 171 Å². The largest absolute Gasteiger partial charge is 0.480 e. The van der Waals surface area contributed by atoms with E-state index >= 15 is 0 Å². The molecule has 0 saturated carbocycles. The second kappa shape index (κ2) is 13.5. The van der Waals surface area contributed by atoms with Crippen LogP contribution in [0, 0.1) is 11.8 Å². The Morgan fingerprint density at radius 1 is 0.867 bits per heavy atom. The van der Waals surface area contributed by atoms with Gasteiger partial charge in [0.1, 0.15) is 18.1 Å². The van der Waals surface area contributed by atoms with E-state index in [1.54, 1.807) is 6.92 Å². The summed E-state index contributed by atoms with van der Waals surface area (Å²) in [7, 11) is 0. The Morgan fingerprint density at radius 2 is 1.33 bits per heavy atom. The van der Waals surface area contributed by atoms with Crippen LogP contribution in [-0.4, -0.2) is 69.9 Å². The summed E-state index contributed by atoms with van der Waals surface area (Å²) in [6.45, 7) is 8.62. The molecule has 0 saturated heterocycles. The van der Waals surface area contributed by atoms with Crippen molar-refractivity contribution in [2.24, 2.45) is 17.6 Å². The van der Waals surface area contributed by atoms with Crippen LogP contribution < -0.4 is 21.7 Å². The maximum Gasteiger partial charge on any atom is 0.327 e. The first-order valence-electron chi connectivity index (χ1n) is 10.1. The van der Waals surface area contributed by atoms with Gasteiger partial charge in [-0.3, -0.25) is 14.4 Å². The van der Waals surface area contributed by atoms with Gasteiger partial charge in [0.15, 0.2) is 0 Å². The summed E-state index contributed by atoms with van der Waals surface area (Å²) in [4.78, 5) is 48.9. The number of carboxylic acid groups (broad SMARTS) is 1. The van der Waals surface area contributed by atoms with Crippen molar-refractivity contribution in [3.63, 3.8) is 0 Å². The van der Waals surface area contributed by atoms with Crippen molar-refractivity contribution in [1.82, 2.24) is 16.0 Å². The fraction of sp³-hybridized carbons (Fsp3) is 0.789. The molecule has 11 heteroatoms. The molecule has 174 valence electrons. The monoisotopic (exact) mass is 448 g/mol. The number of nitrogens with two attached hydrogens (primary N) is 1. The molecule has 7 atom stereocenters. The zero-order valence-electron chi connectivity index (χ0n) is 18.2. The lowest BCUT2D eigenvalue weighted by Gasteiger charge is -2.29. The van der Waals surface area contributed by atoms with Crippen LogP contribution in [0.2, 0.25) is 0 Å². The van der Waals surface area contributed by atoms with Crippen molar-refractivity contribution in [1.29, 1.82) is 0 Å². The molecule has 10 nitrogen and oxygen atoms in total. The predicted octanol–water partition coefficient (Wildman–Crippen LogP) is -0.744. The minimum atomic E-state index is -1.41. The highest BCUT2D eigenvalue weighted by atomic mass is 32.1. The number of hydrogen-bond donors (Lipinski definition) is 7. The molecule has 0 aliphatic carbocycles. The third-order valence-corrected chi connectivity index (χ3v) is 5.58. The van der Waals surface area contributed by atoms with E-state index in [4.69, 9.17) is 10.8 Å². The number of aliphatic carboxylic acids is 1. The van der Waals surface area contributed by atoms with Crippen molar-refractivity contribution < 1.29 is 29.4 Å². The fourth-order valence-corrected chi connectivity index (χ4v) is 2.81. The lowest BCUT2D eigenvalue weighted by atomic mass is 9.95. The quantitative estimate of drug-likeness (QED) is 0.182. The van der Waals surface area contributed by atoms with Crippen LogP contribution in [0.3, 0.4) is 0 Å². The van der Waals surface area contributed by atoms with Crippen molar-refractivity contribution in [3.8, 4) is 0 Å². The Bertz CT molecular complexity index is 604. The molecular formula is C19H36N4O6S. The molecule has 7 N–H and O–H groups in total. The van der Waals surface area contributed by atoms with Gasteiger partial charge >= 0.3 is 5.97 Å². The molecule has 30 heavy (non-hydrogen) atoms. The van der Waals surface area contributed by atoms with Crippen LogP contribution in [0.25, 0.3) is 0 Å². The van der Waals surface area contributed by atoms with Crippen molar-refractivity contribution in [2.75, 3.05) is 5.75 Å². The third kappa shape index (κ3) is 8.49. The highest BCUT2D eigenvalue weighted by Crippen LogP contribution is 2.11. The first-order valence-corrected chi connectivity index (χ1v) is 10.7. The zero-order chi connectivity index (χ0) is 23.6. The van der Waals surface area contributed by atoms with Crippen LogP contribution in [0.15, 0.2) is 0 Å². The summed E-state index contributed by atoms with van der Waals surface area (Å²) < 4.78 is 0. The molecule has 0 rings (SSSR count). The average Bonchev–Trinajstić information content (AvgIpc) is 2.70. The number of rotatable bonds is 13. The van der Waals surface area contributed by atoms with Crippen LogP contribution in [0.1, 0.15) is 47.5 Å².